The molecule has 3 heteroatoms. The lowest BCUT2D eigenvalue weighted by atomic mass is 9.99. The van der Waals surface area contributed by atoms with Crippen molar-refractivity contribution in [2.45, 2.75) is 25.3 Å². The summed E-state index contributed by atoms with van der Waals surface area (Å²) >= 11 is 3.87. The highest BCUT2D eigenvalue weighted by Gasteiger charge is 2.19. The molecule has 1 nitrogen and oxygen atoms in total. The Balaban J connectivity index is 1.94. The first kappa shape index (κ1) is 10.5. The largest absolute Gasteiger partial charge is 0.310 e. The van der Waals surface area contributed by atoms with Gasteiger partial charge in [-0.1, -0.05) is 0 Å². The second-order valence-electron chi connectivity index (χ2n) is 3.69. The van der Waals surface area contributed by atoms with Crippen molar-refractivity contribution in [3.05, 3.63) is 21.9 Å². The number of nitrogens with one attached hydrogen (secondary N) is 1. The number of hydrogen-bond acceptors (Lipinski definition) is 3. The van der Waals surface area contributed by atoms with Gasteiger partial charge in [-0.2, -0.15) is 11.8 Å². The van der Waals surface area contributed by atoms with Gasteiger partial charge in [-0.3, -0.25) is 0 Å². The van der Waals surface area contributed by atoms with Crippen molar-refractivity contribution in [1.29, 1.82) is 0 Å². The minimum Gasteiger partial charge on any atom is -0.310 e. The first-order valence-corrected chi connectivity index (χ1v) is 7.47. The maximum Gasteiger partial charge on any atom is 0.0331 e. The van der Waals surface area contributed by atoms with E-state index in [1.54, 1.807) is 10.4 Å². The van der Waals surface area contributed by atoms with Crippen LogP contribution in [0, 0.1) is 0 Å². The fraction of sp³-hybridized carbons (Fsp3) is 0.636. The molecular formula is C11H17NS2. The van der Waals surface area contributed by atoms with Gasteiger partial charge in [0.2, 0.25) is 0 Å². The van der Waals surface area contributed by atoms with Crippen molar-refractivity contribution in [2.75, 3.05) is 18.6 Å². The van der Waals surface area contributed by atoms with E-state index >= 15 is 0 Å². The average molecular weight is 227 g/mol. The van der Waals surface area contributed by atoms with E-state index in [4.69, 9.17) is 0 Å². The van der Waals surface area contributed by atoms with Crippen LogP contribution in [-0.4, -0.2) is 18.6 Å². The number of thiophene rings is 1. The topological polar surface area (TPSA) is 12.0 Å². The highest BCUT2D eigenvalue weighted by atomic mass is 32.2. The van der Waals surface area contributed by atoms with E-state index in [1.165, 1.54) is 25.0 Å². The summed E-state index contributed by atoms with van der Waals surface area (Å²) in [6.45, 7) is 1.16. The molecule has 0 saturated carbocycles. The van der Waals surface area contributed by atoms with E-state index in [2.05, 4.69) is 23.0 Å². The van der Waals surface area contributed by atoms with Crippen molar-refractivity contribution >= 4 is 23.1 Å². The molecule has 78 valence electrons. The quantitative estimate of drug-likeness (QED) is 0.793. The minimum atomic E-state index is 0.636. The molecule has 0 saturated heterocycles. The zero-order chi connectivity index (χ0) is 9.80. The van der Waals surface area contributed by atoms with Gasteiger partial charge in [0, 0.05) is 17.5 Å². The van der Waals surface area contributed by atoms with Crippen LogP contribution in [0.3, 0.4) is 0 Å². The molecule has 0 spiro atoms. The Morgan fingerprint density at radius 3 is 3.43 bits per heavy atom. The van der Waals surface area contributed by atoms with Crippen LogP contribution in [0.4, 0.5) is 0 Å². The van der Waals surface area contributed by atoms with Crippen LogP contribution in [-0.2, 0) is 6.42 Å². The maximum atomic E-state index is 3.62. The van der Waals surface area contributed by atoms with Gasteiger partial charge in [0.1, 0.15) is 0 Å². The molecule has 1 atom stereocenters. The van der Waals surface area contributed by atoms with Crippen LogP contribution in [0.5, 0.6) is 0 Å². The third-order valence-corrected chi connectivity index (χ3v) is 4.43. The Labute approximate surface area is 94.3 Å². The van der Waals surface area contributed by atoms with Gasteiger partial charge in [0.25, 0.3) is 0 Å². The van der Waals surface area contributed by atoms with Gasteiger partial charge in [-0.05, 0) is 48.3 Å². The van der Waals surface area contributed by atoms with Gasteiger partial charge in [0.05, 0.1) is 0 Å². The Kier molecular flexibility index (Phi) is 3.90. The summed E-state index contributed by atoms with van der Waals surface area (Å²) in [5, 5.41) is 5.85. The van der Waals surface area contributed by atoms with Crippen LogP contribution in [0.1, 0.15) is 29.3 Å². The third kappa shape index (κ3) is 2.33. The summed E-state index contributed by atoms with van der Waals surface area (Å²) in [5.41, 5.74) is 1.57. The number of fused-ring (bicyclic) bond motifs is 1. The molecule has 0 fully saturated rings. The standard InChI is InChI=1S/C11H17NS2/c1-13-7-2-3-10-9-5-8-14-11(9)4-6-12-10/h5,8,10,12H,2-4,6-7H2,1H3. The van der Waals surface area contributed by atoms with E-state index in [0.717, 1.165) is 6.54 Å². The SMILES string of the molecule is CSCCCC1NCCc2sccc21. The van der Waals surface area contributed by atoms with Gasteiger partial charge in [0.15, 0.2) is 0 Å². The normalized spacial score (nSPS) is 20.8. The Morgan fingerprint density at radius 2 is 2.57 bits per heavy atom. The molecule has 0 bridgehead atoms. The molecule has 2 rings (SSSR count). The van der Waals surface area contributed by atoms with Crippen LogP contribution in [0.2, 0.25) is 0 Å². The monoisotopic (exact) mass is 227 g/mol. The molecule has 1 aliphatic heterocycles. The highest BCUT2D eigenvalue weighted by Crippen LogP contribution is 2.30. The van der Waals surface area contributed by atoms with Crippen molar-refractivity contribution < 1.29 is 0 Å². The van der Waals surface area contributed by atoms with Crippen molar-refractivity contribution in [1.82, 2.24) is 5.32 Å². The predicted octanol–water partition coefficient (Wildman–Crippen LogP) is 3.08. The zero-order valence-electron chi connectivity index (χ0n) is 8.58. The minimum absolute atomic E-state index is 0.636. The average Bonchev–Trinajstić information content (AvgIpc) is 2.67. The Morgan fingerprint density at radius 1 is 1.64 bits per heavy atom. The van der Waals surface area contributed by atoms with E-state index < -0.39 is 0 Å². The summed E-state index contributed by atoms with van der Waals surface area (Å²) in [6, 6.07) is 2.94. The van der Waals surface area contributed by atoms with Gasteiger partial charge in [-0.15, -0.1) is 11.3 Å². The number of rotatable bonds is 4. The second-order valence-corrected chi connectivity index (χ2v) is 5.68. The maximum absolute atomic E-state index is 3.62. The summed E-state index contributed by atoms with van der Waals surface area (Å²) < 4.78 is 0. The highest BCUT2D eigenvalue weighted by molar-refractivity contribution is 7.98. The van der Waals surface area contributed by atoms with Crippen LogP contribution in [0.15, 0.2) is 11.4 Å². The number of thioether (sulfide) groups is 1. The summed E-state index contributed by atoms with van der Waals surface area (Å²) in [4.78, 5) is 1.61. The smallest absolute Gasteiger partial charge is 0.0331 e. The zero-order valence-corrected chi connectivity index (χ0v) is 10.2. The molecule has 1 aliphatic rings. The molecule has 0 amide bonds. The Hall–Kier alpha value is 0.0100. The fourth-order valence-corrected chi connectivity index (χ4v) is 3.42. The second kappa shape index (κ2) is 5.19. The van der Waals surface area contributed by atoms with E-state index in [0.29, 0.717) is 6.04 Å². The molecule has 1 N–H and O–H groups in total. The molecule has 1 unspecified atom stereocenters. The van der Waals surface area contributed by atoms with E-state index in [-0.39, 0.29) is 0 Å². The molecule has 1 aromatic rings. The molecule has 2 heterocycles. The van der Waals surface area contributed by atoms with Crippen molar-refractivity contribution in [2.24, 2.45) is 0 Å². The number of hydrogen-bond donors (Lipinski definition) is 1. The van der Waals surface area contributed by atoms with Crippen LogP contribution < -0.4 is 5.32 Å². The molecule has 0 aromatic carbocycles. The Bertz CT molecular complexity index is 283. The first-order chi connectivity index (χ1) is 6.92. The molecule has 14 heavy (non-hydrogen) atoms. The van der Waals surface area contributed by atoms with Gasteiger partial charge < -0.3 is 5.32 Å². The summed E-state index contributed by atoms with van der Waals surface area (Å²) in [6.07, 6.45) is 6.04. The van der Waals surface area contributed by atoms with Crippen LogP contribution >= 0.6 is 23.1 Å². The van der Waals surface area contributed by atoms with E-state index in [1.807, 2.05) is 23.1 Å². The van der Waals surface area contributed by atoms with Gasteiger partial charge >= 0.3 is 0 Å². The lowest BCUT2D eigenvalue weighted by Gasteiger charge is -2.24. The lowest BCUT2D eigenvalue weighted by Crippen LogP contribution is -2.28. The summed E-state index contributed by atoms with van der Waals surface area (Å²) in [7, 11) is 0. The first-order valence-electron chi connectivity index (χ1n) is 5.20. The molecule has 0 radical (unpaired) electrons. The fourth-order valence-electron chi connectivity index (χ4n) is 2.02. The van der Waals surface area contributed by atoms with E-state index in [9.17, 15) is 0 Å². The predicted molar refractivity (Wildman–Crippen MR) is 66.4 cm³/mol. The molecular weight excluding hydrogens is 210 g/mol. The molecule has 0 aliphatic carbocycles. The third-order valence-electron chi connectivity index (χ3n) is 2.74. The molecule has 1 aromatic heterocycles. The van der Waals surface area contributed by atoms with Crippen LogP contribution in [0.25, 0.3) is 0 Å². The summed E-state index contributed by atoms with van der Waals surface area (Å²) in [5.74, 6) is 1.29. The van der Waals surface area contributed by atoms with Crippen molar-refractivity contribution in [3.8, 4) is 0 Å². The lowest BCUT2D eigenvalue weighted by molar-refractivity contribution is 0.477. The van der Waals surface area contributed by atoms with Crippen molar-refractivity contribution in [3.63, 3.8) is 0 Å². The van der Waals surface area contributed by atoms with Gasteiger partial charge in [-0.25, -0.2) is 0 Å².